The molecular weight excluding hydrogens is 383 g/mol. The highest BCUT2D eigenvalue weighted by atomic mass is 35.5. The Morgan fingerprint density at radius 2 is 2.04 bits per heavy atom. The molecule has 1 atom stereocenters. The number of amides is 1. The molecule has 27 heavy (non-hydrogen) atoms. The third-order valence-electron chi connectivity index (χ3n) is 4.73. The van der Waals surface area contributed by atoms with Crippen molar-refractivity contribution in [3.05, 3.63) is 86.8 Å². The number of rotatable bonds is 4. The Morgan fingerprint density at radius 1 is 1.22 bits per heavy atom. The van der Waals surface area contributed by atoms with Crippen LogP contribution in [0.2, 0.25) is 5.02 Å². The van der Waals surface area contributed by atoms with Crippen molar-refractivity contribution in [3.63, 3.8) is 0 Å². The fraction of sp³-hybridized carbons (Fsp3) is 0.190. The molecule has 1 N–H and O–H groups in total. The molecule has 0 radical (unpaired) electrons. The number of hydrogen-bond acceptors (Lipinski definition) is 3. The SMILES string of the molecule is O=C(CN1CCc2sccc2[C@@H]1c1ccccc1)Nc1ccc(F)cc1Cl. The van der Waals surface area contributed by atoms with Crippen molar-refractivity contribution in [2.45, 2.75) is 12.5 Å². The smallest absolute Gasteiger partial charge is 0.238 e. The molecule has 0 aliphatic carbocycles. The number of benzene rings is 2. The van der Waals surface area contributed by atoms with Crippen molar-refractivity contribution in [3.8, 4) is 0 Å². The summed E-state index contributed by atoms with van der Waals surface area (Å²) >= 11 is 7.80. The molecule has 2 aromatic carbocycles. The number of carbonyl (C=O) groups is 1. The summed E-state index contributed by atoms with van der Waals surface area (Å²) in [6.45, 7) is 1.04. The Balaban J connectivity index is 1.56. The van der Waals surface area contributed by atoms with E-state index in [0.29, 0.717) is 5.69 Å². The highest BCUT2D eigenvalue weighted by Crippen LogP contribution is 2.37. The maximum Gasteiger partial charge on any atom is 0.238 e. The van der Waals surface area contributed by atoms with Gasteiger partial charge in [0.25, 0.3) is 0 Å². The van der Waals surface area contributed by atoms with Crippen molar-refractivity contribution in [1.82, 2.24) is 4.90 Å². The molecule has 3 aromatic rings. The Labute approximate surface area is 166 Å². The van der Waals surface area contributed by atoms with Gasteiger partial charge in [-0.25, -0.2) is 4.39 Å². The lowest BCUT2D eigenvalue weighted by Crippen LogP contribution is -2.40. The van der Waals surface area contributed by atoms with Crippen molar-refractivity contribution in [1.29, 1.82) is 0 Å². The first-order chi connectivity index (χ1) is 13.1. The van der Waals surface area contributed by atoms with Gasteiger partial charge in [-0.15, -0.1) is 11.3 Å². The monoisotopic (exact) mass is 400 g/mol. The molecular formula is C21H18ClFN2OS. The van der Waals surface area contributed by atoms with E-state index >= 15 is 0 Å². The predicted octanol–water partition coefficient (Wildman–Crippen LogP) is 5.13. The molecule has 1 aliphatic rings. The first-order valence-corrected chi connectivity index (χ1v) is 9.98. The van der Waals surface area contributed by atoms with Crippen LogP contribution >= 0.6 is 22.9 Å². The number of hydrogen-bond donors (Lipinski definition) is 1. The molecule has 1 amide bonds. The fourth-order valence-corrected chi connectivity index (χ4v) is 4.65. The molecule has 0 bridgehead atoms. The van der Waals surface area contributed by atoms with E-state index in [9.17, 15) is 9.18 Å². The Hall–Kier alpha value is -2.21. The van der Waals surface area contributed by atoms with Crippen molar-refractivity contribution < 1.29 is 9.18 Å². The molecule has 1 aliphatic heterocycles. The van der Waals surface area contributed by atoms with Crippen molar-refractivity contribution >= 4 is 34.5 Å². The zero-order valence-electron chi connectivity index (χ0n) is 14.5. The van der Waals surface area contributed by atoms with Crippen LogP contribution in [0.5, 0.6) is 0 Å². The molecule has 1 aromatic heterocycles. The van der Waals surface area contributed by atoms with Gasteiger partial charge in [0, 0.05) is 11.4 Å². The van der Waals surface area contributed by atoms with Crippen LogP contribution in [0, 0.1) is 5.82 Å². The number of anilines is 1. The average Bonchev–Trinajstić information content (AvgIpc) is 3.13. The Kier molecular flexibility index (Phi) is 5.25. The second-order valence-corrected chi connectivity index (χ2v) is 7.91. The minimum atomic E-state index is -0.428. The zero-order chi connectivity index (χ0) is 18.8. The normalized spacial score (nSPS) is 16.7. The lowest BCUT2D eigenvalue weighted by Gasteiger charge is -2.35. The van der Waals surface area contributed by atoms with Gasteiger partial charge < -0.3 is 5.32 Å². The summed E-state index contributed by atoms with van der Waals surface area (Å²) in [7, 11) is 0. The van der Waals surface area contributed by atoms with E-state index < -0.39 is 5.82 Å². The third kappa shape index (κ3) is 3.90. The second kappa shape index (κ2) is 7.80. The molecule has 138 valence electrons. The van der Waals surface area contributed by atoms with Gasteiger partial charge in [-0.3, -0.25) is 9.69 Å². The summed E-state index contributed by atoms with van der Waals surface area (Å²) in [5, 5.41) is 5.11. The predicted molar refractivity (Wildman–Crippen MR) is 108 cm³/mol. The summed E-state index contributed by atoms with van der Waals surface area (Å²) in [5.74, 6) is -0.591. The van der Waals surface area contributed by atoms with E-state index in [0.717, 1.165) is 13.0 Å². The molecule has 0 spiro atoms. The molecule has 0 saturated carbocycles. The van der Waals surface area contributed by atoms with E-state index in [1.54, 1.807) is 11.3 Å². The maximum absolute atomic E-state index is 13.2. The van der Waals surface area contributed by atoms with Crippen LogP contribution in [0.1, 0.15) is 22.0 Å². The Morgan fingerprint density at radius 3 is 2.81 bits per heavy atom. The summed E-state index contributed by atoms with van der Waals surface area (Å²) in [4.78, 5) is 16.2. The van der Waals surface area contributed by atoms with E-state index in [-0.39, 0.29) is 23.5 Å². The van der Waals surface area contributed by atoms with Gasteiger partial charge in [-0.05, 0) is 47.2 Å². The van der Waals surface area contributed by atoms with Crippen LogP contribution in [0.3, 0.4) is 0 Å². The number of nitrogens with zero attached hydrogens (tertiary/aromatic N) is 1. The van der Waals surface area contributed by atoms with E-state index in [2.05, 4.69) is 33.8 Å². The second-order valence-electron chi connectivity index (χ2n) is 6.51. The molecule has 2 heterocycles. The fourth-order valence-electron chi connectivity index (χ4n) is 3.53. The number of fused-ring (bicyclic) bond motifs is 1. The largest absolute Gasteiger partial charge is 0.324 e. The van der Waals surface area contributed by atoms with Gasteiger partial charge in [0.2, 0.25) is 5.91 Å². The molecule has 3 nitrogen and oxygen atoms in total. The topological polar surface area (TPSA) is 32.3 Å². The van der Waals surface area contributed by atoms with Gasteiger partial charge >= 0.3 is 0 Å². The van der Waals surface area contributed by atoms with Crippen LogP contribution in [0.15, 0.2) is 60.0 Å². The average molecular weight is 401 g/mol. The summed E-state index contributed by atoms with van der Waals surface area (Å²) in [6.07, 6.45) is 0.931. The lowest BCUT2D eigenvalue weighted by atomic mass is 9.93. The molecule has 0 unspecified atom stereocenters. The molecule has 4 rings (SSSR count). The number of thiophene rings is 1. The van der Waals surface area contributed by atoms with E-state index in [1.807, 2.05) is 18.2 Å². The molecule has 0 fully saturated rings. The van der Waals surface area contributed by atoms with Gasteiger partial charge in [0.1, 0.15) is 5.82 Å². The number of halogens is 2. The molecule has 0 saturated heterocycles. The standard InChI is InChI=1S/C21H18ClFN2OS/c22-17-12-15(23)6-7-18(17)24-20(26)13-25-10-8-19-16(9-11-27-19)21(25)14-4-2-1-3-5-14/h1-7,9,11-12,21H,8,10,13H2,(H,24,26)/t21-/m0/s1. The van der Waals surface area contributed by atoms with Crippen LogP contribution in [-0.2, 0) is 11.2 Å². The van der Waals surface area contributed by atoms with Gasteiger partial charge in [0.15, 0.2) is 0 Å². The lowest BCUT2D eigenvalue weighted by molar-refractivity contribution is -0.117. The van der Waals surface area contributed by atoms with Gasteiger partial charge in [0.05, 0.1) is 23.3 Å². The van der Waals surface area contributed by atoms with Gasteiger partial charge in [-0.2, -0.15) is 0 Å². The van der Waals surface area contributed by atoms with Crippen LogP contribution in [-0.4, -0.2) is 23.9 Å². The summed E-state index contributed by atoms with van der Waals surface area (Å²) in [6, 6.07) is 16.4. The van der Waals surface area contributed by atoms with Crippen LogP contribution < -0.4 is 5.32 Å². The van der Waals surface area contributed by atoms with E-state index in [1.165, 1.54) is 34.2 Å². The highest BCUT2D eigenvalue weighted by molar-refractivity contribution is 7.10. The molecule has 6 heteroatoms. The quantitative estimate of drug-likeness (QED) is 0.658. The van der Waals surface area contributed by atoms with Crippen molar-refractivity contribution in [2.75, 3.05) is 18.4 Å². The third-order valence-corrected chi connectivity index (χ3v) is 6.04. The maximum atomic E-state index is 13.2. The summed E-state index contributed by atoms with van der Waals surface area (Å²) in [5.41, 5.74) is 2.86. The minimum absolute atomic E-state index is 0.0515. The van der Waals surface area contributed by atoms with Crippen LogP contribution in [0.4, 0.5) is 10.1 Å². The highest BCUT2D eigenvalue weighted by Gasteiger charge is 2.30. The van der Waals surface area contributed by atoms with Crippen LogP contribution in [0.25, 0.3) is 0 Å². The minimum Gasteiger partial charge on any atom is -0.324 e. The summed E-state index contributed by atoms with van der Waals surface area (Å²) < 4.78 is 13.2. The van der Waals surface area contributed by atoms with Gasteiger partial charge in [-0.1, -0.05) is 41.9 Å². The zero-order valence-corrected chi connectivity index (χ0v) is 16.1. The van der Waals surface area contributed by atoms with E-state index in [4.69, 9.17) is 11.6 Å². The first kappa shape index (κ1) is 18.2. The first-order valence-electron chi connectivity index (χ1n) is 8.72. The number of carbonyl (C=O) groups excluding carboxylic acids is 1. The van der Waals surface area contributed by atoms with Crippen molar-refractivity contribution in [2.24, 2.45) is 0 Å². The Bertz CT molecular complexity index is 960. The number of nitrogens with one attached hydrogen (secondary N) is 1.